The summed E-state index contributed by atoms with van der Waals surface area (Å²) in [5.74, 6) is -0.767. The van der Waals surface area contributed by atoms with Gasteiger partial charge in [-0.25, -0.2) is 5.10 Å². The van der Waals surface area contributed by atoms with Crippen LogP contribution in [-0.4, -0.2) is 21.8 Å². The Labute approximate surface area is 184 Å². The van der Waals surface area contributed by atoms with Gasteiger partial charge in [0, 0.05) is 5.56 Å². The molecule has 5 nitrogen and oxygen atoms in total. The number of alkyl halides is 9. The van der Waals surface area contributed by atoms with E-state index in [2.05, 4.69) is 20.1 Å². The zero-order chi connectivity index (χ0) is 25.3. The maximum Gasteiger partial charge on any atom is 0.573 e. The minimum atomic E-state index is -5.11. The van der Waals surface area contributed by atoms with Crippen LogP contribution in [0, 0.1) is 11.3 Å². The van der Waals surface area contributed by atoms with E-state index in [1.54, 1.807) is 6.07 Å². The lowest BCUT2D eigenvalue weighted by Gasteiger charge is -2.13. The van der Waals surface area contributed by atoms with Crippen LogP contribution < -0.4 is 4.74 Å². The Hall–Kier alpha value is -4.02. The Morgan fingerprint density at radius 3 is 1.85 bits per heavy atom. The van der Waals surface area contributed by atoms with Crippen LogP contribution >= 0.6 is 0 Å². The molecular formula is C20H9F9N4O. The highest BCUT2D eigenvalue weighted by Gasteiger charge is 2.36. The largest absolute Gasteiger partial charge is 0.573 e. The van der Waals surface area contributed by atoms with Crippen molar-refractivity contribution in [2.45, 2.75) is 18.7 Å². The number of nitrogens with zero attached hydrogens (tertiary/aromatic N) is 3. The fraction of sp³-hybridized carbons (Fsp3) is 0.150. The molecule has 0 saturated carbocycles. The van der Waals surface area contributed by atoms with Crippen molar-refractivity contribution in [1.82, 2.24) is 15.4 Å². The molecule has 0 amide bonds. The van der Waals surface area contributed by atoms with E-state index < -0.39 is 41.2 Å². The summed E-state index contributed by atoms with van der Waals surface area (Å²) in [7, 11) is 0. The predicted molar refractivity (Wildman–Crippen MR) is 98.6 cm³/mol. The van der Waals surface area contributed by atoms with Gasteiger partial charge in [-0.1, -0.05) is 17.4 Å². The van der Waals surface area contributed by atoms with Crippen molar-refractivity contribution in [1.29, 1.82) is 5.26 Å². The minimum Gasteiger partial charge on any atom is -0.406 e. The Bertz CT molecular complexity index is 1230. The van der Waals surface area contributed by atoms with E-state index in [0.717, 1.165) is 24.3 Å². The second-order valence-corrected chi connectivity index (χ2v) is 6.66. The second kappa shape index (κ2) is 8.73. The van der Waals surface area contributed by atoms with Gasteiger partial charge in [0.25, 0.3) is 0 Å². The van der Waals surface area contributed by atoms with Gasteiger partial charge in [-0.3, -0.25) is 0 Å². The summed E-state index contributed by atoms with van der Waals surface area (Å²) in [5, 5.41) is 18.2. The van der Waals surface area contributed by atoms with E-state index in [9.17, 15) is 39.5 Å². The number of nitrogens with one attached hydrogen (secondary N) is 1. The zero-order valence-corrected chi connectivity index (χ0v) is 16.3. The van der Waals surface area contributed by atoms with Crippen molar-refractivity contribution in [2.75, 3.05) is 0 Å². The number of hydrogen-bond donors (Lipinski definition) is 1. The highest BCUT2D eigenvalue weighted by atomic mass is 19.4. The molecule has 14 heteroatoms. The maximum atomic E-state index is 13.0. The molecular weight excluding hydrogens is 483 g/mol. The van der Waals surface area contributed by atoms with E-state index in [1.165, 1.54) is 6.07 Å². The van der Waals surface area contributed by atoms with Gasteiger partial charge in [0.15, 0.2) is 5.69 Å². The molecule has 0 radical (unpaired) electrons. The van der Waals surface area contributed by atoms with Crippen molar-refractivity contribution >= 4 is 12.2 Å². The number of halogens is 9. The average Bonchev–Trinajstić information content (AvgIpc) is 3.18. The number of nitriles is 1. The minimum absolute atomic E-state index is 0.0543. The summed E-state index contributed by atoms with van der Waals surface area (Å²) in [4.78, 5) is 0. The summed E-state index contributed by atoms with van der Waals surface area (Å²) >= 11 is 0. The number of benzene rings is 2. The van der Waals surface area contributed by atoms with Gasteiger partial charge in [-0.2, -0.15) is 31.6 Å². The fourth-order valence-corrected chi connectivity index (χ4v) is 2.82. The van der Waals surface area contributed by atoms with Crippen molar-refractivity contribution in [3.8, 4) is 23.1 Å². The van der Waals surface area contributed by atoms with Gasteiger partial charge in [0.2, 0.25) is 0 Å². The van der Waals surface area contributed by atoms with E-state index in [0.29, 0.717) is 12.1 Å². The van der Waals surface area contributed by atoms with Gasteiger partial charge in [-0.05, 0) is 47.5 Å². The third-order valence-corrected chi connectivity index (χ3v) is 4.17. The first-order valence-electron chi connectivity index (χ1n) is 8.85. The topological polar surface area (TPSA) is 74.6 Å². The van der Waals surface area contributed by atoms with Crippen LogP contribution in [0.3, 0.4) is 0 Å². The third kappa shape index (κ3) is 6.06. The SMILES string of the molecule is N#Cc1[nH]nnc1-c1cc(/C=C/c2cc(C(F)(F)F)cc(C(F)(F)F)c2)cc(OC(F)(F)F)c1. The summed E-state index contributed by atoms with van der Waals surface area (Å²) in [5.41, 5.74) is -4.16. The Morgan fingerprint density at radius 1 is 0.794 bits per heavy atom. The van der Waals surface area contributed by atoms with Gasteiger partial charge in [-0.15, -0.1) is 18.3 Å². The first-order valence-corrected chi connectivity index (χ1v) is 8.85. The summed E-state index contributed by atoms with van der Waals surface area (Å²) in [6, 6.07) is 5.46. The highest BCUT2D eigenvalue weighted by molar-refractivity contribution is 5.75. The van der Waals surface area contributed by atoms with Crippen molar-refractivity contribution in [3.05, 3.63) is 64.3 Å². The van der Waals surface area contributed by atoms with Crippen LogP contribution in [0.2, 0.25) is 0 Å². The molecule has 1 N–H and O–H groups in total. The molecule has 178 valence electrons. The summed E-state index contributed by atoms with van der Waals surface area (Å²) < 4.78 is 120. The molecule has 1 heterocycles. The Balaban J connectivity index is 2.10. The van der Waals surface area contributed by atoms with Gasteiger partial charge in [0.1, 0.15) is 17.5 Å². The van der Waals surface area contributed by atoms with Gasteiger partial charge >= 0.3 is 18.7 Å². The molecule has 0 spiro atoms. The second-order valence-electron chi connectivity index (χ2n) is 6.66. The lowest BCUT2D eigenvalue weighted by Crippen LogP contribution is -2.17. The molecule has 0 unspecified atom stereocenters. The lowest BCUT2D eigenvalue weighted by atomic mass is 10.0. The molecule has 0 atom stereocenters. The van der Waals surface area contributed by atoms with Crippen molar-refractivity contribution < 1.29 is 44.3 Å². The number of rotatable bonds is 4. The maximum absolute atomic E-state index is 13.0. The number of H-pyrrole nitrogens is 1. The van der Waals surface area contributed by atoms with Gasteiger partial charge < -0.3 is 4.74 Å². The molecule has 0 aliphatic rings. The molecule has 0 aliphatic heterocycles. The first-order chi connectivity index (χ1) is 15.7. The number of aromatic amines is 1. The number of hydrogen-bond acceptors (Lipinski definition) is 4. The predicted octanol–water partition coefficient (Wildman–Crippen LogP) is 6.45. The van der Waals surface area contributed by atoms with Crippen molar-refractivity contribution in [3.63, 3.8) is 0 Å². The normalized spacial score (nSPS) is 12.7. The van der Waals surface area contributed by atoms with Crippen LogP contribution in [0.5, 0.6) is 5.75 Å². The van der Waals surface area contributed by atoms with Crippen LogP contribution in [0.25, 0.3) is 23.4 Å². The van der Waals surface area contributed by atoms with Crippen LogP contribution in [-0.2, 0) is 12.4 Å². The standard InChI is InChI=1S/C20H9F9N4O/c21-18(22,23)13-4-11(5-14(8-13)19(24,25)26)2-1-10-3-12(17-16(9-30)31-33-32-17)7-15(6-10)34-20(27,28)29/h1-8H,(H,31,32,33)/b2-1+. The Morgan fingerprint density at radius 2 is 1.35 bits per heavy atom. The molecule has 34 heavy (non-hydrogen) atoms. The quantitative estimate of drug-likeness (QED) is 0.336. The molecule has 3 rings (SSSR count). The fourth-order valence-electron chi connectivity index (χ4n) is 2.82. The molecule has 0 fully saturated rings. The molecule has 0 aliphatic carbocycles. The van der Waals surface area contributed by atoms with E-state index in [-0.39, 0.29) is 28.6 Å². The number of aromatic nitrogens is 3. The van der Waals surface area contributed by atoms with Crippen LogP contribution in [0.15, 0.2) is 36.4 Å². The van der Waals surface area contributed by atoms with E-state index in [4.69, 9.17) is 5.26 Å². The highest BCUT2D eigenvalue weighted by Crippen LogP contribution is 2.37. The van der Waals surface area contributed by atoms with Crippen molar-refractivity contribution in [2.24, 2.45) is 0 Å². The zero-order valence-electron chi connectivity index (χ0n) is 16.3. The molecule has 0 bridgehead atoms. The monoisotopic (exact) mass is 492 g/mol. The van der Waals surface area contributed by atoms with Gasteiger partial charge in [0.05, 0.1) is 11.1 Å². The molecule has 3 aromatic rings. The smallest absolute Gasteiger partial charge is 0.406 e. The first kappa shape index (κ1) is 24.6. The molecule has 1 aromatic heterocycles. The average molecular weight is 492 g/mol. The molecule has 2 aromatic carbocycles. The third-order valence-electron chi connectivity index (χ3n) is 4.17. The summed E-state index contributed by atoms with van der Waals surface area (Å²) in [6.07, 6.45) is -13.4. The van der Waals surface area contributed by atoms with Crippen LogP contribution in [0.4, 0.5) is 39.5 Å². The van der Waals surface area contributed by atoms with Crippen LogP contribution in [0.1, 0.15) is 27.9 Å². The molecule has 0 saturated heterocycles. The number of ether oxygens (including phenoxy) is 1. The van der Waals surface area contributed by atoms with E-state index >= 15 is 0 Å². The summed E-state index contributed by atoms with van der Waals surface area (Å²) in [6.45, 7) is 0. The Kier molecular flexibility index (Phi) is 6.32. The van der Waals surface area contributed by atoms with E-state index in [1.807, 2.05) is 0 Å². The lowest BCUT2D eigenvalue weighted by molar-refractivity contribution is -0.274.